The summed E-state index contributed by atoms with van der Waals surface area (Å²) < 4.78 is 3.34. The fourth-order valence-electron chi connectivity index (χ4n) is 4.04. The summed E-state index contributed by atoms with van der Waals surface area (Å²) in [5, 5.41) is 32.9. The third-order valence-electron chi connectivity index (χ3n) is 6.86. The van der Waals surface area contributed by atoms with Crippen molar-refractivity contribution >= 4 is 176 Å². The highest BCUT2D eigenvalue weighted by Crippen LogP contribution is 2.37. The number of nitrogens with one attached hydrogen (secondary N) is 2. The lowest BCUT2D eigenvalue weighted by Crippen LogP contribution is -2.27. The van der Waals surface area contributed by atoms with Crippen molar-refractivity contribution in [3.05, 3.63) is 49.2 Å². The first-order chi connectivity index (χ1) is 22.8. The minimum atomic E-state index is -1.04. The number of nitrogens with two attached hydrogens (primary N) is 2. The molecule has 0 aliphatic carbocycles. The smallest absolute Gasteiger partial charge is 0.250 e. The molecule has 4 amide bonds. The summed E-state index contributed by atoms with van der Waals surface area (Å²) in [6, 6.07) is 0. The van der Waals surface area contributed by atoms with Crippen LogP contribution in [0.1, 0.15) is 92.4 Å². The minimum absolute atomic E-state index is 0.0394. The molecule has 0 saturated heterocycles. The Morgan fingerprint density at radius 2 is 1.08 bits per heavy atom. The van der Waals surface area contributed by atoms with E-state index >= 15 is 0 Å². The quantitative estimate of drug-likeness (QED) is 0.0747. The molecule has 270 valence electrons. The molecule has 19 heteroatoms. The first-order valence-electron chi connectivity index (χ1n) is 14.3. The lowest BCUT2D eigenvalue weighted by molar-refractivity contribution is -0.126. The molecule has 2 aromatic rings. The molecule has 2 unspecified atom stereocenters. The van der Waals surface area contributed by atoms with Crippen LogP contribution in [0, 0.1) is 28.3 Å². The summed E-state index contributed by atoms with van der Waals surface area (Å²) in [7, 11) is 1.40. The monoisotopic (exact) mass is 1360 g/mol. The zero-order valence-electron chi connectivity index (χ0n) is 26.3. The van der Waals surface area contributed by atoms with Gasteiger partial charge in [0.1, 0.15) is 6.42 Å². The van der Waals surface area contributed by atoms with Crippen LogP contribution in [0.4, 0.5) is 5.69 Å². The normalized spacial score (nSPS) is 11.9. The van der Waals surface area contributed by atoms with Gasteiger partial charge in [0.05, 0.1) is 39.2 Å². The van der Waals surface area contributed by atoms with Gasteiger partial charge in [0.2, 0.25) is 11.8 Å². The number of benzene rings is 2. The molecule has 0 fully saturated rings. The minimum Gasteiger partial charge on any atom is -0.394 e. The second-order valence-corrected chi connectivity index (χ2v) is 16.8. The molecule has 2 aromatic carbocycles. The first kappa shape index (κ1) is 46.9. The Labute approximate surface area is 365 Å². The molecule has 0 heterocycles. The zero-order valence-corrected chi connectivity index (χ0v) is 39.3. The molecule has 2 atom stereocenters. The van der Waals surface area contributed by atoms with Gasteiger partial charge in [-0.1, -0.05) is 6.92 Å². The second-order valence-electron chi connectivity index (χ2n) is 10.3. The van der Waals surface area contributed by atoms with Gasteiger partial charge in [-0.2, -0.15) is 0 Å². The van der Waals surface area contributed by atoms with Crippen molar-refractivity contribution in [3.8, 4) is 0 Å². The summed E-state index contributed by atoms with van der Waals surface area (Å²) in [5.74, 6) is -2.82. The van der Waals surface area contributed by atoms with Gasteiger partial charge in [-0.3, -0.25) is 28.8 Å². The van der Waals surface area contributed by atoms with Gasteiger partial charge in [-0.25, -0.2) is 0 Å². The summed E-state index contributed by atoms with van der Waals surface area (Å²) in [4.78, 5) is 72.4. The van der Waals surface area contributed by atoms with Crippen molar-refractivity contribution in [3.63, 3.8) is 0 Å². The number of aliphatic hydroxyl groups is 3. The van der Waals surface area contributed by atoms with Crippen LogP contribution in [-0.4, -0.2) is 76.4 Å². The third-order valence-corrected chi connectivity index (χ3v) is 13.9. The largest absolute Gasteiger partial charge is 0.394 e. The van der Waals surface area contributed by atoms with Crippen LogP contribution in [-0.2, 0) is 9.59 Å². The average molecular weight is 1360 g/mol. The van der Waals surface area contributed by atoms with E-state index in [0.29, 0.717) is 38.2 Å². The third kappa shape index (κ3) is 13.1. The van der Waals surface area contributed by atoms with E-state index in [1.807, 2.05) is 104 Å². The van der Waals surface area contributed by atoms with Crippen molar-refractivity contribution in [2.24, 2.45) is 11.5 Å². The molecule has 13 nitrogen and oxygen atoms in total. The number of carbonyl (C=O) groups excluding carboxylic acids is 6. The van der Waals surface area contributed by atoms with Gasteiger partial charge in [0.25, 0.3) is 11.8 Å². The molecule has 0 radical (unpaired) electrons. The van der Waals surface area contributed by atoms with Crippen LogP contribution in [0.15, 0.2) is 0 Å². The van der Waals surface area contributed by atoms with Gasteiger partial charge in [0.15, 0.2) is 11.6 Å². The summed E-state index contributed by atoms with van der Waals surface area (Å²) in [5.41, 5.74) is 13.3. The van der Waals surface area contributed by atoms with Gasteiger partial charge in [0, 0.05) is 48.9 Å². The standard InChI is InChI=1S/C16H18I3N3O6.C14H16I3NO3/c1-21-8(26)4-9(27)22-15-13(18)10(7(25)3-2-6(24)5-23)12(17)11(14(15)19)16(20)28;1-3-7(19)4-5-8(20)9-11(15)6(2)12(16)10(13(9)17)14(18)21/h6,23-24H,2-5H2,1H3,(H2,20,28)(H,21,26)(H,22,27);7,19H,3-5H2,1-2H3,(H2,18,21). The first-order valence-corrected chi connectivity index (χ1v) is 20.7. The maximum Gasteiger partial charge on any atom is 0.250 e. The van der Waals surface area contributed by atoms with Crippen LogP contribution >= 0.6 is 136 Å². The van der Waals surface area contributed by atoms with Gasteiger partial charge in [-0.15, -0.1) is 0 Å². The summed E-state index contributed by atoms with van der Waals surface area (Å²) in [6.07, 6.45) is -0.643. The Morgan fingerprint density at radius 3 is 1.51 bits per heavy atom. The Bertz CT molecular complexity index is 1640. The highest BCUT2D eigenvalue weighted by atomic mass is 127. The van der Waals surface area contributed by atoms with Crippen molar-refractivity contribution in [1.82, 2.24) is 5.32 Å². The van der Waals surface area contributed by atoms with Crippen LogP contribution in [0.3, 0.4) is 0 Å². The Hall–Kier alpha value is -0.0800. The number of ketones is 2. The van der Waals surface area contributed by atoms with E-state index in [0.717, 1.165) is 12.7 Å². The van der Waals surface area contributed by atoms with E-state index < -0.39 is 48.9 Å². The molecule has 0 bridgehead atoms. The molecular weight excluding hydrogens is 1320 g/mol. The fourth-order valence-corrected chi connectivity index (χ4v) is 12.9. The van der Waals surface area contributed by atoms with Crippen molar-refractivity contribution in [2.75, 3.05) is 19.0 Å². The number of rotatable bonds is 15. The van der Waals surface area contributed by atoms with Crippen LogP contribution in [0.5, 0.6) is 0 Å². The number of hydrogen-bond donors (Lipinski definition) is 7. The number of Topliss-reactive ketones (excluding diaryl/α,β-unsaturated/α-hetero) is 2. The van der Waals surface area contributed by atoms with Gasteiger partial charge >= 0.3 is 0 Å². The average Bonchev–Trinajstić information content (AvgIpc) is 3.03. The molecule has 0 saturated carbocycles. The topological polar surface area (TPSA) is 239 Å². The highest BCUT2D eigenvalue weighted by molar-refractivity contribution is 14.1. The fraction of sp³-hybridized carbons (Fsp3) is 0.400. The molecule has 0 aliphatic rings. The Kier molecular flexibility index (Phi) is 21.3. The van der Waals surface area contributed by atoms with Crippen molar-refractivity contribution in [1.29, 1.82) is 0 Å². The molecule has 0 aromatic heterocycles. The van der Waals surface area contributed by atoms with Crippen LogP contribution in [0.2, 0.25) is 0 Å². The molecule has 0 spiro atoms. The highest BCUT2D eigenvalue weighted by Gasteiger charge is 2.28. The maximum absolute atomic E-state index is 12.7. The predicted octanol–water partition coefficient (Wildman–Crippen LogP) is 4.63. The summed E-state index contributed by atoms with van der Waals surface area (Å²) in [6.45, 7) is 3.29. The number of anilines is 1. The van der Waals surface area contributed by atoms with E-state index in [2.05, 4.69) is 55.8 Å². The second kappa shape index (κ2) is 22.2. The molecule has 49 heavy (non-hydrogen) atoms. The molecule has 9 N–H and O–H groups in total. The predicted molar refractivity (Wildman–Crippen MR) is 235 cm³/mol. The van der Waals surface area contributed by atoms with E-state index in [4.69, 9.17) is 16.6 Å². The van der Waals surface area contributed by atoms with Crippen LogP contribution < -0.4 is 22.1 Å². The van der Waals surface area contributed by atoms with E-state index in [9.17, 15) is 39.0 Å². The Balaban J connectivity index is 0.000000510. The Morgan fingerprint density at radius 1 is 0.673 bits per heavy atom. The SMILES string of the molecule is CCC(O)CCC(=O)c1c(I)c(C)c(I)c(C(N)=O)c1I.CNC(=O)CC(=O)Nc1c(I)c(C(N)=O)c(I)c(C(=O)CCC(O)CO)c1I. The number of aliphatic hydroxyl groups excluding tert-OH is 3. The summed E-state index contributed by atoms with van der Waals surface area (Å²) >= 11 is 11.8. The molecule has 0 aliphatic heterocycles. The number of hydrogen-bond acceptors (Lipinski definition) is 9. The number of halogens is 6. The van der Waals surface area contributed by atoms with E-state index in [1.54, 1.807) is 0 Å². The van der Waals surface area contributed by atoms with Gasteiger partial charge in [-0.05, 0) is 167 Å². The van der Waals surface area contributed by atoms with Crippen molar-refractivity contribution < 1.29 is 44.1 Å². The maximum atomic E-state index is 12.7. The molecule has 2 rings (SSSR count). The number of amides is 4. The lowest BCUT2D eigenvalue weighted by Gasteiger charge is -2.18. The zero-order chi connectivity index (χ0) is 37.9. The number of carbonyl (C=O) groups is 6. The lowest BCUT2D eigenvalue weighted by atomic mass is 9.99. The van der Waals surface area contributed by atoms with E-state index in [-0.39, 0.29) is 47.6 Å². The number of primary amides is 2. The molecular formula is C30H34I6N4O9. The van der Waals surface area contributed by atoms with E-state index in [1.165, 1.54) is 7.05 Å². The van der Waals surface area contributed by atoms with Gasteiger partial charge < -0.3 is 37.4 Å². The van der Waals surface area contributed by atoms with Crippen LogP contribution in [0.25, 0.3) is 0 Å². The van der Waals surface area contributed by atoms with Crippen molar-refractivity contribution in [2.45, 2.75) is 64.6 Å².